The molecule has 0 saturated heterocycles. The highest BCUT2D eigenvalue weighted by Gasteiger charge is 2.12. The second-order valence-corrected chi connectivity index (χ2v) is 6.46. The van der Waals surface area contributed by atoms with E-state index in [0.717, 1.165) is 11.6 Å². The molecule has 2 rings (SSSR count). The zero-order chi connectivity index (χ0) is 20.7. The monoisotopic (exact) mass is 404 g/mol. The summed E-state index contributed by atoms with van der Waals surface area (Å²) in [6.45, 7) is 5.01. The van der Waals surface area contributed by atoms with Crippen LogP contribution >= 0.6 is 11.6 Å². The minimum atomic E-state index is -0.722. The van der Waals surface area contributed by atoms with Crippen molar-refractivity contribution in [1.82, 2.24) is 20.6 Å². The Morgan fingerprint density at radius 2 is 1.86 bits per heavy atom. The first kappa shape index (κ1) is 21.2. The second-order valence-electron chi connectivity index (χ2n) is 6.10. The average Bonchev–Trinajstić information content (AvgIpc) is 2.91. The van der Waals surface area contributed by atoms with Gasteiger partial charge in [0.1, 0.15) is 5.15 Å². The lowest BCUT2D eigenvalue weighted by Gasteiger charge is -2.05. The van der Waals surface area contributed by atoms with Crippen LogP contribution in [0.25, 0.3) is 6.08 Å². The molecule has 1 aromatic heterocycles. The Morgan fingerprint density at radius 1 is 1.18 bits per heavy atom. The van der Waals surface area contributed by atoms with E-state index in [1.54, 1.807) is 11.6 Å². The van der Waals surface area contributed by atoms with E-state index in [-0.39, 0.29) is 0 Å². The van der Waals surface area contributed by atoms with Gasteiger partial charge in [-0.05, 0) is 25.5 Å². The third kappa shape index (κ3) is 6.24. The molecule has 0 radical (unpaired) electrons. The SMILES string of the molecule is CC(=O)NNC(=O)COC(=O)/C=C/c1c(C)nn(Cc2ccc(C)cc2)c1Cl. The first-order chi connectivity index (χ1) is 13.3. The number of hydrogen-bond acceptors (Lipinski definition) is 5. The number of carbonyl (C=O) groups is 3. The van der Waals surface area contributed by atoms with Crippen LogP contribution in [0.2, 0.25) is 5.15 Å². The van der Waals surface area contributed by atoms with E-state index in [4.69, 9.17) is 16.3 Å². The van der Waals surface area contributed by atoms with Gasteiger partial charge in [-0.15, -0.1) is 0 Å². The van der Waals surface area contributed by atoms with Crippen molar-refractivity contribution < 1.29 is 19.1 Å². The van der Waals surface area contributed by atoms with Gasteiger partial charge in [-0.2, -0.15) is 5.10 Å². The molecule has 0 bridgehead atoms. The Hall–Kier alpha value is -3.13. The summed E-state index contributed by atoms with van der Waals surface area (Å²) in [6.07, 6.45) is 2.65. The molecule has 2 aromatic rings. The van der Waals surface area contributed by atoms with Gasteiger partial charge < -0.3 is 4.74 Å². The number of halogens is 1. The van der Waals surface area contributed by atoms with Gasteiger partial charge in [0.15, 0.2) is 6.61 Å². The Balaban J connectivity index is 1.96. The van der Waals surface area contributed by atoms with E-state index in [2.05, 4.69) is 16.0 Å². The molecule has 28 heavy (non-hydrogen) atoms. The topological polar surface area (TPSA) is 102 Å². The van der Waals surface area contributed by atoms with Gasteiger partial charge in [-0.1, -0.05) is 41.4 Å². The largest absolute Gasteiger partial charge is 0.452 e. The summed E-state index contributed by atoms with van der Waals surface area (Å²) in [5.41, 5.74) is 7.64. The van der Waals surface area contributed by atoms with E-state index >= 15 is 0 Å². The molecule has 0 aliphatic carbocycles. The molecule has 1 aromatic carbocycles. The first-order valence-corrected chi connectivity index (χ1v) is 8.82. The van der Waals surface area contributed by atoms with Crippen molar-refractivity contribution in [3.05, 3.63) is 57.9 Å². The number of aryl methyl sites for hydroxylation is 2. The predicted molar refractivity (Wildman–Crippen MR) is 104 cm³/mol. The molecular formula is C19H21ClN4O4. The molecule has 9 heteroatoms. The Labute approximate surface area is 167 Å². The lowest BCUT2D eigenvalue weighted by Crippen LogP contribution is -2.42. The highest BCUT2D eigenvalue weighted by atomic mass is 35.5. The molecule has 0 saturated carbocycles. The molecule has 0 fully saturated rings. The van der Waals surface area contributed by atoms with Crippen LogP contribution in [-0.4, -0.2) is 34.2 Å². The number of carbonyl (C=O) groups excluding carboxylic acids is 3. The predicted octanol–water partition coefficient (Wildman–Crippen LogP) is 1.93. The quantitative estimate of drug-likeness (QED) is 0.435. The average molecular weight is 405 g/mol. The Kier molecular flexibility index (Phi) is 7.34. The van der Waals surface area contributed by atoms with Gasteiger partial charge in [0, 0.05) is 18.6 Å². The summed E-state index contributed by atoms with van der Waals surface area (Å²) >= 11 is 6.39. The molecule has 0 aliphatic heterocycles. The van der Waals surface area contributed by atoms with E-state index in [9.17, 15) is 14.4 Å². The number of nitrogens with zero attached hydrogens (tertiary/aromatic N) is 2. The number of amides is 2. The number of hydrogen-bond donors (Lipinski definition) is 2. The van der Waals surface area contributed by atoms with E-state index in [1.807, 2.05) is 31.2 Å². The molecule has 0 spiro atoms. The number of rotatable bonds is 6. The van der Waals surface area contributed by atoms with Gasteiger partial charge in [-0.25, -0.2) is 9.48 Å². The molecule has 0 aliphatic rings. The van der Waals surface area contributed by atoms with Crippen molar-refractivity contribution in [3.8, 4) is 0 Å². The van der Waals surface area contributed by atoms with Crippen molar-refractivity contribution in [3.63, 3.8) is 0 Å². The van der Waals surface area contributed by atoms with Crippen molar-refractivity contribution >= 4 is 35.5 Å². The molecule has 0 unspecified atom stereocenters. The fourth-order valence-electron chi connectivity index (χ4n) is 2.26. The normalized spacial score (nSPS) is 10.7. The van der Waals surface area contributed by atoms with Crippen LogP contribution in [0.15, 0.2) is 30.3 Å². The van der Waals surface area contributed by atoms with E-state index in [0.29, 0.717) is 23.0 Å². The van der Waals surface area contributed by atoms with Crippen LogP contribution in [0, 0.1) is 13.8 Å². The number of esters is 1. The van der Waals surface area contributed by atoms with Crippen LogP contribution < -0.4 is 10.9 Å². The minimum absolute atomic E-state index is 0.394. The summed E-state index contributed by atoms with van der Waals surface area (Å²) in [6, 6.07) is 8.03. The zero-order valence-corrected chi connectivity index (χ0v) is 16.5. The van der Waals surface area contributed by atoms with Crippen molar-refractivity contribution in [1.29, 1.82) is 0 Å². The van der Waals surface area contributed by atoms with Crippen LogP contribution in [0.3, 0.4) is 0 Å². The van der Waals surface area contributed by atoms with E-state index < -0.39 is 24.4 Å². The molecule has 148 valence electrons. The molecule has 0 atom stereocenters. The highest BCUT2D eigenvalue weighted by Crippen LogP contribution is 2.22. The lowest BCUT2D eigenvalue weighted by molar-refractivity contribution is -0.144. The summed E-state index contributed by atoms with van der Waals surface area (Å²) in [5, 5.41) is 4.79. The molecular weight excluding hydrogens is 384 g/mol. The summed E-state index contributed by atoms with van der Waals surface area (Å²) in [5.74, 6) is -1.82. The fourth-order valence-corrected chi connectivity index (χ4v) is 2.55. The van der Waals surface area contributed by atoms with Gasteiger partial charge in [0.25, 0.3) is 5.91 Å². The van der Waals surface area contributed by atoms with Crippen LogP contribution in [0.4, 0.5) is 0 Å². The van der Waals surface area contributed by atoms with Crippen LogP contribution in [0.5, 0.6) is 0 Å². The number of nitrogens with one attached hydrogen (secondary N) is 2. The third-order valence-corrected chi connectivity index (χ3v) is 4.07. The number of aromatic nitrogens is 2. The molecule has 1 heterocycles. The molecule has 2 N–H and O–H groups in total. The third-order valence-electron chi connectivity index (χ3n) is 3.67. The lowest BCUT2D eigenvalue weighted by atomic mass is 10.1. The maximum Gasteiger partial charge on any atom is 0.331 e. The van der Waals surface area contributed by atoms with Crippen LogP contribution in [0.1, 0.15) is 29.3 Å². The van der Waals surface area contributed by atoms with Gasteiger partial charge in [-0.3, -0.25) is 20.4 Å². The Bertz CT molecular complexity index is 903. The standard InChI is InChI=1S/C19H21ClN4O4/c1-12-4-6-15(7-5-12)10-24-19(20)16(13(2)23-24)8-9-18(27)28-11-17(26)22-21-14(3)25/h4-9H,10-11H2,1-3H3,(H,21,25)(H,22,26)/b9-8+. The minimum Gasteiger partial charge on any atom is -0.452 e. The smallest absolute Gasteiger partial charge is 0.331 e. The number of ether oxygens (including phenoxy) is 1. The van der Waals surface area contributed by atoms with Crippen molar-refractivity contribution in [2.75, 3.05) is 6.61 Å². The first-order valence-electron chi connectivity index (χ1n) is 8.45. The highest BCUT2D eigenvalue weighted by molar-refractivity contribution is 6.31. The fraction of sp³-hybridized carbons (Fsp3) is 0.263. The summed E-state index contributed by atoms with van der Waals surface area (Å²) in [4.78, 5) is 33.8. The summed E-state index contributed by atoms with van der Waals surface area (Å²) < 4.78 is 6.44. The van der Waals surface area contributed by atoms with Gasteiger partial charge in [0.2, 0.25) is 5.91 Å². The maximum absolute atomic E-state index is 11.8. The van der Waals surface area contributed by atoms with Gasteiger partial charge >= 0.3 is 5.97 Å². The second kappa shape index (κ2) is 9.70. The number of hydrazine groups is 1. The van der Waals surface area contributed by atoms with Crippen molar-refractivity contribution in [2.45, 2.75) is 27.3 Å². The summed E-state index contributed by atoms with van der Waals surface area (Å²) in [7, 11) is 0. The zero-order valence-electron chi connectivity index (χ0n) is 15.8. The number of benzene rings is 1. The van der Waals surface area contributed by atoms with Crippen LogP contribution in [-0.2, 0) is 25.7 Å². The van der Waals surface area contributed by atoms with Gasteiger partial charge in [0.05, 0.1) is 12.2 Å². The van der Waals surface area contributed by atoms with Crippen molar-refractivity contribution in [2.24, 2.45) is 0 Å². The molecule has 2 amide bonds. The van der Waals surface area contributed by atoms with E-state index in [1.165, 1.54) is 18.6 Å². The maximum atomic E-state index is 11.8. The Morgan fingerprint density at radius 3 is 2.50 bits per heavy atom. The molecule has 8 nitrogen and oxygen atoms in total.